The van der Waals surface area contributed by atoms with Crippen molar-refractivity contribution in [2.24, 2.45) is 0 Å². The van der Waals surface area contributed by atoms with E-state index in [1.165, 1.54) is 0 Å². The van der Waals surface area contributed by atoms with Crippen LogP contribution < -0.4 is 9.47 Å². The molecule has 0 unspecified atom stereocenters. The molecular formula is C20H26N2O5. The number of nitrogens with zero attached hydrogens (tertiary/aromatic N) is 2. The number of aromatic nitrogens is 1. The first-order valence-electron chi connectivity index (χ1n) is 9.33. The lowest BCUT2D eigenvalue weighted by Gasteiger charge is -2.24. The van der Waals surface area contributed by atoms with E-state index in [9.17, 15) is 4.79 Å². The lowest BCUT2D eigenvalue weighted by molar-refractivity contribution is 0.0518. The number of carbonyl (C=O) groups excluding carboxylic acids is 1. The summed E-state index contributed by atoms with van der Waals surface area (Å²) in [5.74, 6) is 1.73. The van der Waals surface area contributed by atoms with E-state index in [0.29, 0.717) is 36.0 Å². The summed E-state index contributed by atoms with van der Waals surface area (Å²) in [6.07, 6.45) is 3.03. The van der Waals surface area contributed by atoms with Crippen molar-refractivity contribution < 1.29 is 23.5 Å². The van der Waals surface area contributed by atoms with Crippen LogP contribution in [-0.4, -0.2) is 48.9 Å². The number of ether oxygens (including phenoxy) is 3. The standard InChI is InChI=1S/C20H26N2O5/c1-3-9-22(13-17-8-5-10-25-17)20(23)19-12-18(27-21-19)14-26-16-7-4-6-15(11-16)24-2/h4,6-7,11-12,17H,3,5,8-10,13-14H2,1-2H3/t17-/m1/s1. The zero-order chi connectivity index (χ0) is 19.1. The summed E-state index contributed by atoms with van der Waals surface area (Å²) in [7, 11) is 1.60. The molecule has 3 rings (SSSR count). The highest BCUT2D eigenvalue weighted by molar-refractivity contribution is 5.92. The van der Waals surface area contributed by atoms with Gasteiger partial charge in [-0.05, 0) is 31.4 Å². The number of carbonyl (C=O) groups is 1. The number of amides is 1. The summed E-state index contributed by atoms with van der Waals surface area (Å²) in [6, 6.07) is 8.94. The largest absolute Gasteiger partial charge is 0.497 e. The third-order valence-corrected chi connectivity index (χ3v) is 4.43. The van der Waals surface area contributed by atoms with Crippen molar-refractivity contribution in [1.29, 1.82) is 0 Å². The summed E-state index contributed by atoms with van der Waals surface area (Å²) < 4.78 is 21.8. The predicted molar refractivity (Wildman–Crippen MR) is 99.0 cm³/mol. The summed E-state index contributed by atoms with van der Waals surface area (Å²) >= 11 is 0. The molecule has 1 atom stereocenters. The van der Waals surface area contributed by atoms with E-state index in [0.717, 1.165) is 25.9 Å². The van der Waals surface area contributed by atoms with Gasteiger partial charge in [-0.15, -0.1) is 0 Å². The Morgan fingerprint density at radius 1 is 1.33 bits per heavy atom. The van der Waals surface area contributed by atoms with Crippen LogP contribution in [0.2, 0.25) is 0 Å². The molecule has 0 bridgehead atoms. The first kappa shape index (κ1) is 19.2. The Bertz CT molecular complexity index is 739. The monoisotopic (exact) mass is 374 g/mol. The second-order valence-electron chi connectivity index (χ2n) is 6.53. The Morgan fingerprint density at radius 3 is 2.93 bits per heavy atom. The molecule has 1 aliphatic heterocycles. The molecule has 1 aliphatic rings. The predicted octanol–water partition coefficient (Wildman–Crippen LogP) is 3.29. The molecule has 1 fully saturated rings. The summed E-state index contributed by atoms with van der Waals surface area (Å²) in [5.41, 5.74) is 0.297. The van der Waals surface area contributed by atoms with Crippen LogP contribution >= 0.6 is 0 Å². The fourth-order valence-electron chi connectivity index (χ4n) is 3.07. The smallest absolute Gasteiger partial charge is 0.276 e. The average Bonchev–Trinajstić information content (AvgIpc) is 3.37. The van der Waals surface area contributed by atoms with Crippen molar-refractivity contribution in [1.82, 2.24) is 10.1 Å². The normalized spacial score (nSPS) is 16.3. The van der Waals surface area contributed by atoms with Crippen molar-refractivity contribution in [2.75, 3.05) is 26.8 Å². The molecule has 1 saturated heterocycles. The van der Waals surface area contributed by atoms with Crippen LogP contribution in [0.5, 0.6) is 11.5 Å². The van der Waals surface area contributed by atoms with Crippen molar-refractivity contribution in [2.45, 2.75) is 38.9 Å². The lowest BCUT2D eigenvalue weighted by Crippen LogP contribution is -2.38. The van der Waals surface area contributed by atoms with E-state index in [1.807, 2.05) is 25.1 Å². The van der Waals surface area contributed by atoms with Crippen molar-refractivity contribution in [3.8, 4) is 11.5 Å². The van der Waals surface area contributed by atoms with E-state index in [1.54, 1.807) is 24.1 Å². The number of hydrogen-bond acceptors (Lipinski definition) is 6. The second kappa shape index (κ2) is 9.41. The molecule has 0 aliphatic carbocycles. The topological polar surface area (TPSA) is 74.0 Å². The van der Waals surface area contributed by atoms with Gasteiger partial charge in [-0.1, -0.05) is 18.1 Å². The molecule has 0 saturated carbocycles. The Hall–Kier alpha value is -2.54. The van der Waals surface area contributed by atoms with Gasteiger partial charge in [-0.2, -0.15) is 0 Å². The fourth-order valence-corrected chi connectivity index (χ4v) is 3.07. The Morgan fingerprint density at radius 2 is 2.19 bits per heavy atom. The molecule has 0 spiro atoms. The van der Waals surface area contributed by atoms with Gasteiger partial charge in [0.05, 0.1) is 13.2 Å². The molecule has 1 aromatic carbocycles. The fraction of sp³-hybridized carbons (Fsp3) is 0.500. The van der Waals surface area contributed by atoms with Crippen LogP contribution in [0, 0.1) is 0 Å². The molecule has 2 heterocycles. The first-order chi connectivity index (χ1) is 13.2. The number of benzene rings is 1. The maximum absolute atomic E-state index is 12.8. The van der Waals surface area contributed by atoms with Gasteiger partial charge in [0.2, 0.25) is 0 Å². The third kappa shape index (κ3) is 5.23. The van der Waals surface area contributed by atoms with Gasteiger partial charge >= 0.3 is 0 Å². The Balaban J connectivity index is 1.59. The molecule has 7 nitrogen and oxygen atoms in total. The van der Waals surface area contributed by atoms with Gasteiger partial charge < -0.3 is 23.6 Å². The molecular weight excluding hydrogens is 348 g/mol. The maximum Gasteiger partial charge on any atom is 0.276 e. The number of rotatable bonds is 9. The summed E-state index contributed by atoms with van der Waals surface area (Å²) in [4.78, 5) is 14.6. The van der Waals surface area contributed by atoms with E-state index in [-0.39, 0.29) is 18.6 Å². The highest BCUT2D eigenvalue weighted by Gasteiger charge is 2.25. The van der Waals surface area contributed by atoms with E-state index < -0.39 is 0 Å². The van der Waals surface area contributed by atoms with Gasteiger partial charge in [0.1, 0.15) is 18.1 Å². The lowest BCUT2D eigenvalue weighted by atomic mass is 10.2. The molecule has 2 aromatic rings. The SMILES string of the molecule is CCCN(C[C@H]1CCCO1)C(=O)c1cc(COc2cccc(OC)c2)on1. The molecule has 146 valence electrons. The average molecular weight is 374 g/mol. The van der Waals surface area contributed by atoms with Crippen molar-refractivity contribution >= 4 is 5.91 Å². The maximum atomic E-state index is 12.8. The summed E-state index contributed by atoms with van der Waals surface area (Å²) in [5, 5.41) is 3.93. The number of methoxy groups -OCH3 is 1. The van der Waals surface area contributed by atoms with Crippen molar-refractivity contribution in [3.05, 3.63) is 41.8 Å². The minimum atomic E-state index is -0.135. The van der Waals surface area contributed by atoms with Gasteiger partial charge in [0.25, 0.3) is 5.91 Å². The van der Waals surface area contributed by atoms with E-state index >= 15 is 0 Å². The minimum absolute atomic E-state index is 0.114. The number of hydrogen-bond donors (Lipinski definition) is 0. The molecule has 0 N–H and O–H groups in total. The Kier molecular flexibility index (Phi) is 6.70. The van der Waals surface area contributed by atoms with Crippen LogP contribution in [0.4, 0.5) is 0 Å². The van der Waals surface area contributed by atoms with Crippen LogP contribution in [0.3, 0.4) is 0 Å². The summed E-state index contributed by atoms with van der Waals surface area (Å²) in [6.45, 7) is 4.27. The van der Waals surface area contributed by atoms with Gasteiger partial charge in [0, 0.05) is 31.8 Å². The molecule has 1 aromatic heterocycles. The molecule has 0 radical (unpaired) electrons. The third-order valence-electron chi connectivity index (χ3n) is 4.43. The van der Waals surface area contributed by atoms with Crippen LogP contribution in [0.1, 0.15) is 42.4 Å². The highest BCUT2D eigenvalue weighted by atomic mass is 16.5. The molecule has 27 heavy (non-hydrogen) atoms. The van der Waals surface area contributed by atoms with Crippen LogP contribution in [0.25, 0.3) is 0 Å². The van der Waals surface area contributed by atoms with Crippen LogP contribution in [0.15, 0.2) is 34.9 Å². The van der Waals surface area contributed by atoms with Gasteiger partial charge in [-0.3, -0.25) is 4.79 Å². The van der Waals surface area contributed by atoms with Gasteiger partial charge in [0.15, 0.2) is 11.5 Å². The zero-order valence-electron chi connectivity index (χ0n) is 15.8. The zero-order valence-corrected chi connectivity index (χ0v) is 15.8. The molecule has 1 amide bonds. The minimum Gasteiger partial charge on any atom is -0.497 e. The highest BCUT2D eigenvalue weighted by Crippen LogP contribution is 2.20. The van der Waals surface area contributed by atoms with Crippen LogP contribution in [-0.2, 0) is 11.3 Å². The van der Waals surface area contributed by atoms with Crippen molar-refractivity contribution in [3.63, 3.8) is 0 Å². The van der Waals surface area contributed by atoms with E-state index in [4.69, 9.17) is 18.7 Å². The second-order valence-corrected chi connectivity index (χ2v) is 6.53. The van der Waals surface area contributed by atoms with E-state index in [2.05, 4.69) is 5.16 Å². The quantitative estimate of drug-likeness (QED) is 0.670. The molecule has 7 heteroatoms. The first-order valence-corrected chi connectivity index (χ1v) is 9.33. The van der Waals surface area contributed by atoms with Gasteiger partial charge in [-0.25, -0.2) is 0 Å². The Labute approximate surface area is 159 Å².